The minimum absolute atomic E-state index is 0.180. The van der Waals surface area contributed by atoms with Crippen molar-refractivity contribution in [1.29, 1.82) is 0 Å². The first-order chi connectivity index (χ1) is 29.7. The smallest absolute Gasteiger partial charge is 0.418 e. The molecule has 2 aromatic carbocycles. The van der Waals surface area contributed by atoms with Crippen molar-refractivity contribution in [2.75, 3.05) is 31.7 Å². The molecule has 10 nitrogen and oxygen atoms in total. The lowest BCUT2D eigenvalue weighted by Gasteiger charge is -2.37. The van der Waals surface area contributed by atoms with Crippen LogP contribution in [0, 0.1) is 24.2 Å². The second-order valence-electron chi connectivity index (χ2n) is 18.2. The molecule has 64 heavy (non-hydrogen) atoms. The number of hydrogen-bond acceptors (Lipinski definition) is 9. The Hall–Kier alpha value is -4.68. The normalized spacial score (nSPS) is 17.6. The van der Waals surface area contributed by atoms with E-state index in [1.54, 1.807) is 90.9 Å². The molecule has 2 unspecified atom stereocenters. The van der Waals surface area contributed by atoms with Gasteiger partial charge in [0, 0.05) is 30.2 Å². The molecule has 3 heterocycles. The molecule has 2 atom stereocenters. The summed E-state index contributed by atoms with van der Waals surface area (Å²) in [6, 6.07) is 15.5. The zero-order valence-electron chi connectivity index (χ0n) is 37.2. The monoisotopic (exact) mass is 904 g/mol. The number of rotatable bonds is 11. The Balaban J connectivity index is 0.000000309. The molecule has 0 spiro atoms. The molecular formula is C48H58F6N2O8. The predicted octanol–water partition coefficient (Wildman–Crippen LogP) is 10.4. The first kappa shape index (κ1) is 51.9. The lowest BCUT2D eigenvalue weighted by molar-refractivity contribution is -0.264. The van der Waals surface area contributed by atoms with Gasteiger partial charge in [0.05, 0.1) is 43.9 Å². The van der Waals surface area contributed by atoms with E-state index in [0.29, 0.717) is 43.1 Å². The van der Waals surface area contributed by atoms with E-state index in [2.05, 4.69) is 22.1 Å². The molecule has 2 saturated heterocycles. The van der Waals surface area contributed by atoms with E-state index in [1.165, 1.54) is 18.5 Å². The molecule has 0 radical (unpaired) electrons. The summed E-state index contributed by atoms with van der Waals surface area (Å²) in [6.45, 7) is 13.9. The number of anilines is 1. The van der Waals surface area contributed by atoms with Crippen molar-refractivity contribution in [1.82, 2.24) is 4.98 Å². The maximum Gasteiger partial charge on any atom is 0.418 e. The van der Waals surface area contributed by atoms with Crippen molar-refractivity contribution < 1.29 is 65.0 Å². The lowest BCUT2D eigenvalue weighted by Crippen LogP contribution is -2.48. The second-order valence-corrected chi connectivity index (χ2v) is 18.2. The number of terminal acetylenes is 1. The molecule has 0 aliphatic carbocycles. The van der Waals surface area contributed by atoms with Crippen molar-refractivity contribution >= 4 is 11.8 Å². The molecule has 3 N–H and O–H groups in total. The Labute approximate surface area is 371 Å². The highest BCUT2D eigenvalue weighted by molar-refractivity contribution is 5.86. The number of aromatic nitrogens is 1. The number of hydrogen-bond donors (Lipinski definition) is 3. The largest absolute Gasteiger partial charge is 0.444 e. The minimum Gasteiger partial charge on any atom is -0.444 e. The molecule has 0 saturated carbocycles. The van der Waals surface area contributed by atoms with Crippen LogP contribution in [0.2, 0.25) is 0 Å². The number of ether oxygens (including phenoxy) is 5. The molecule has 1 aromatic heterocycles. The van der Waals surface area contributed by atoms with E-state index in [0.717, 1.165) is 18.4 Å². The molecule has 16 heteroatoms. The van der Waals surface area contributed by atoms with Crippen molar-refractivity contribution in [2.24, 2.45) is 0 Å². The van der Waals surface area contributed by atoms with Crippen LogP contribution in [0.5, 0.6) is 0 Å². The van der Waals surface area contributed by atoms with Crippen molar-refractivity contribution in [3.63, 3.8) is 0 Å². The van der Waals surface area contributed by atoms with Crippen LogP contribution in [0.1, 0.15) is 127 Å². The van der Waals surface area contributed by atoms with E-state index in [4.69, 9.17) is 30.1 Å². The van der Waals surface area contributed by atoms with E-state index < -0.39 is 84.3 Å². The molecule has 2 aliphatic rings. The quantitative estimate of drug-likeness (QED) is 0.127. The highest BCUT2D eigenvalue weighted by atomic mass is 19.4. The highest BCUT2D eigenvalue weighted by Crippen LogP contribution is 2.45. The summed E-state index contributed by atoms with van der Waals surface area (Å²) in [6.07, 6.45) is -5.06. The topological polar surface area (TPSA) is 129 Å². The number of benzene rings is 2. The Bertz CT molecular complexity index is 2120. The van der Waals surface area contributed by atoms with E-state index in [9.17, 15) is 41.4 Å². The number of nitrogens with one attached hydrogen (secondary N) is 1. The summed E-state index contributed by atoms with van der Waals surface area (Å²) >= 11 is 0. The number of amides is 1. The van der Waals surface area contributed by atoms with Crippen molar-refractivity contribution in [3.05, 3.63) is 94.8 Å². The average molecular weight is 905 g/mol. The zero-order chi connectivity index (χ0) is 47.6. The second kappa shape index (κ2) is 21.1. The Morgan fingerprint density at radius 2 is 1.20 bits per heavy atom. The summed E-state index contributed by atoms with van der Waals surface area (Å²) in [5.74, 6) is 7.04. The fourth-order valence-electron chi connectivity index (χ4n) is 7.24. The average Bonchev–Trinajstić information content (AvgIpc) is 3.21. The van der Waals surface area contributed by atoms with Gasteiger partial charge in [0.15, 0.2) is 23.8 Å². The van der Waals surface area contributed by atoms with Gasteiger partial charge in [-0.15, -0.1) is 12.3 Å². The molecule has 1 amide bonds. The summed E-state index contributed by atoms with van der Waals surface area (Å²) in [4.78, 5) is 16.1. The number of carbonyl (C=O) groups is 1. The van der Waals surface area contributed by atoms with Crippen LogP contribution < -0.4 is 5.32 Å². The van der Waals surface area contributed by atoms with E-state index in [1.807, 2.05) is 12.0 Å². The van der Waals surface area contributed by atoms with Crippen LogP contribution >= 0.6 is 0 Å². The van der Waals surface area contributed by atoms with Gasteiger partial charge in [-0.2, -0.15) is 26.3 Å². The van der Waals surface area contributed by atoms with Crippen LogP contribution in [-0.4, -0.2) is 76.9 Å². The highest BCUT2D eigenvalue weighted by Gasteiger charge is 2.56. The van der Waals surface area contributed by atoms with Gasteiger partial charge >= 0.3 is 18.4 Å². The van der Waals surface area contributed by atoms with Gasteiger partial charge in [-0.1, -0.05) is 88.1 Å². The third-order valence-corrected chi connectivity index (χ3v) is 10.5. The molecule has 2 aliphatic heterocycles. The third-order valence-electron chi connectivity index (χ3n) is 10.5. The summed E-state index contributed by atoms with van der Waals surface area (Å²) in [5.41, 5.74) is -5.67. The van der Waals surface area contributed by atoms with Crippen molar-refractivity contribution in [2.45, 2.75) is 140 Å². The molecule has 5 rings (SSSR count). The minimum atomic E-state index is -4.94. The number of nitrogens with zero attached hydrogens (tertiary/aromatic N) is 1. The molecule has 3 aromatic rings. The molecule has 0 bridgehead atoms. The van der Waals surface area contributed by atoms with E-state index >= 15 is 0 Å². The van der Waals surface area contributed by atoms with Crippen LogP contribution in [0.4, 0.5) is 36.8 Å². The van der Waals surface area contributed by atoms with Gasteiger partial charge in [-0.25, -0.2) is 4.79 Å². The lowest BCUT2D eigenvalue weighted by atomic mass is 9.73. The Morgan fingerprint density at radius 3 is 1.62 bits per heavy atom. The number of aliphatic hydroxyl groups is 2. The number of carbonyl (C=O) groups excluding carboxylic acids is 1. The summed E-state index contributed by atoms with van der Waals surface area (Å²) in [7, 11) is 0. The maximum atomic E-state index is 14.2. The number of alkyl halides is 6. The maximum absolute atomic E-state index is 14.2. The number of halogens is 6. The molecule has 350 valence electrons. The van der Waals surface area contributed by atoms with E-state index in [-0.39, 0.29) is 11.3 Å². The fourth-order valence-corrected chi connectivity index (χ4v) is 7.24. The van der Waals surface area contributed by atoms with Gasteiger partial charge in [0.2, 0.25) is 0 Å². The van der Waals surface area contributed by atoms with Gasteiger partial charge in [0.25, 0.3) is 0 Å². The van der Waals surface area contributed by atoms with Gasteiger partial charge < -0.3 is 33.9 Å². The Morgan fingerprint density at radius 1 is 0.750 bits per heavy atom. The first-order valence-electron chi connectivity index (χ1n) is 20.8. The fraction of sp³-hybridized carbons (Fsp3) is 0.542. The van der Waals surface area contributed by atoms with Gasteiger partial charge in [0.1, 0.15) is 5.60 Å². The Kier molecular flexibility index (Phi) is 17.1. The predicted molar refractivity (Wildman–Crippen MR) is 228 cm³/mol. The third kappa shape index (κ3) is 14.4. The summed E-state index contributed by atoms with van der Waals surface area (Å²) < 4.78 is 110. The first-order valence-corrected chi connectivity index (χ1v) is 20.8. The zero-order valence-corrected chi connectivity index (χ0v) is 37.2. The van der Waals surface area contributed by atoms with Crippen LogP contribution in [0.3, 0.4) is 0 Å². The number of pyridine rings is 1. The molecular weight excluding hydrogens is 847 g/mol. The SMILES string of the molecule is C#CCC(O)(CC(C)(C)c1cccc(C2OCCCO2)c1)C(F)(F)F.CC(C)(C)OC(=O)Nc1cnccc1C#CCC(O)(CC(C)(C)c1cccc(C2OCCCO2)c1)C(F)(F)F. The molecule has 2 fully saturated rings. The van der Waals surface area contributed by atoms with Crippen LogP contribution in [0.15, 0.2) is 67.0 Å². The van der Waals surface area contributed by atoms with Crippen LogP contribution in [-0.2, 0) is 34.5 Å². The summed E-state index contributed by atoms with van der Waals surface area (Å²) in [5, 5.41) is 23.6. The standard InChI is InChI=1S/C29H35F3N2O5.C19H23F3O3/c1-26(2,3)39-25(35)34-23-18-33-14-12-20(23)10-7-13-28(36,29(30,31)32)19-27(4,5)22-11-6-9-21(17-22)24-37-15-8-16-38-24;1-4-9-18(23,19(20,21)22)13-17(2,3)15-8-5-7-14(12-15)16-24-10-6-11-25-16/h6,9,11-12,14,17-18,24,36H,8,13,15-16,19H2,1-5H3,(H,34,35);1,5,7-8,12,16,23H,6,9-11,13H2,2-3H3. The van der Waals surface area contributed by atoms with Crippen LogP contribution in [0.25, 0.3) is 0 Å². The van der Waals surface area contributed by atoms with Crippen molar-refractivity contribution in [3.8, 4) is 24.2 Å². The van der Waals surface area contributed by atoms with Gasteiger partial charge in [-0.3, -0.25) is 10.3 Å². The van der Waals surface area contributed by atoms with Gasteiger partial charge in [-0.05, 0) is 74.5 Å².